The highest BCUT2D eigenvalue weighted by atomic mass is 127. The predicted octanol–water partition coefficient (Wildman–Crippen LogP) is 2.63. The SMILES string of the molecule is O=C(OCc1cccc(I)c1)N1CCC1. The van der Waals surface area contributed by atoms with Crippen molar-refractivity contribution < 1.29 is 9.53 Å². The molecule has 4 heteroatoms. The third-order valence-electron chi connectivity index (χ3n) is 2.37. The van der Waals surface area contributed by atoms with Crippen molar-refractivity contribution in [3.63, 3.8) is 0 Å². The molecule has 0 saturated carbocycles. The van der Waals surface area contributed by atoms with Gasteiger partial charge in [0, 0.05) is 16.7 Å². The molecule has 1 aromatic rings. The Bertz CT molecular complexity index is 363. The zero-order valence-corrected chi connectivity index (χ0v) is 10.4. The minimum absolute atomic E-state index is 0.194. The standard InChI is InChI=1S/C11H12INO2/c12-10-4-1-3-9(7-10)8-15-11(14)13-5-2-6-13/h1,3-4,7H,2,5-6,8H2. The Morgan fingerprint density at radius 1 is 1.47 bits per heavy atom. The number of amides is 1. The van der Waals surface area contributed by atoms with Gasteiger partial charge >= 0.3 is 6.09 Å². The van der Waals surface area contributed by atoms with Crippen molar-refractivity contribution in [3.8, 4) is 0 Å². The monoisotopic (exact) mass is 317 g/mol. The van der Waals surface area contributed by atoms with Crippen molar-refractivity contribution >= 4 is 28.7 Å². The molecule has 0 unspecified atom stereocenters. The third kappa shape index (κ3) is 2.84. The molecule has 0 spiro atoms. The molecule has 80 valence electrons. The first kappa shape index (κ1) is 10.7. The molecule has 1 aromatic carbocycles. The molecule has 1 heterocycles. The Labute approximate surface area is 103 Å². The quantitative estimate of drug-likeness (QED) is 0.785. The van der Waals surface area contributed by atoms with Gasteiger partial charge in [0.2, 0.25) is 0 Å². The molecule has 0 aliphatic carbocycles. The van der Waals surface area contributed by atoms with E-state index >= 15 is 0 Å². The van der Waals surface area contributed by atoms with Crippen LogP contribution in [0.2, 0.25) is 0 Å². The van der Waals surface area contributed by atoms with Gasteiger partial charge in [-0.3, -0.25) is 0 Å². The summed E-state index contributed by atoms with van der Waals surface area (Å²) in [5.41, 5.74) is 1.04. The zero-order chi connectivity index (χ0) is 10.7. The number of ether oxygens (including phenoxy) is 1. The summed E-state index contributed by atoms with van der Waals surface area (Å²) in [6.45, 7) is 2.04. The number of likely N-dealkylation sites (tertiary alicyclic amines) is 1. The molecule has 1 fully saturated rings. The van der Waals surface area contributed by atoms with Crippen molar-refractivity contribution in [2.75, 3.05) is 13.1 Å². The van der Waals surface area contributed by atoms with E-state index in [9.17, 15) is 4.79 Å². The van der Waals surface area contributed by atoms with Gasteiger partial charge in [-0.2, -0.15) is 0 Å². The second-order valence-corrected chi connectivity index (χ2v) is 4.77. The van der Waals surface area contributed by atoms with Crippen LogP contribution in [0, 0.1) is 3.57 Å². The molecule has 0 radical (unpaired) electrons. The van der Waals surface area contributed by atoms with Gasteiger partial charge in [0.05, 0.1) is 0 Å². The van der Waals surface area contributed by atoms with E-state index < -0.39 is 0 Å². The van der Waals surface area contributed by atoms with Gasteiger partial charge in [-0.25, -0.2) is 4.79 Å². The summed E-state index contributed by atoms with van der Waals surface area (Å²) in [4.78, 5) is 13.1. The van der Waals surface area contributed by atoms with Crippen molar-refractivity contribution in [1.82, 2.24) is 4.90 Å². The molecule has 0 aromatic heterocycles. The van der Waals surface area contributed by atoms with Crippen molar-refractivity contribution in [2.45, 2.75) is 13.0 Å². The normalized spacial score (nSPS) is 14.6. The maximum atomic E-state index is 11.4. The molecule has 1 amide bonds. The molecule has 1 aliphatic rings. The van der Waals surface area contributed by atoms with E-state index in [0.29, 0.717) is 6.61 Å². The lowest BCUT2D eigenvalue weighted by molar-refractivity contribution is 0.0754. The van der Waals surface area contributed by atoms with E-state index in [1.807, 2.05) is 24.3 Å². The lowest BCUT2D eigenvalue weighted by atomic mass is 10.2. The maximum Gasteiger partial charge on any atom is 0.410 e. The van der Waals surface area contributed by atoms with Crippen LogP contribution in [0.25, 0.3) is 0 Å². The van der Waals surface area contributed by atoms with Gasteiger partial charge in [-0.1, -0.05) is 12.1 Å². The second-order valence-electron chi connectivity index (χ2n) is 3.53. The number of benzene rings is 1. The summed E-state index contributed by atoms with van der Waals surface area (Å²) in [6.07, 6.45) is 0.901. The van der Waals surface area contributed by atoms with Gasteiger partial charge < -0.3 is 9.64 Å². The Hall–Kier alpha value is -0.780. The summed E-state index contributed by atoms with van der Waals surface area (Å²) in [5, 5.41) is 0. The average molecular weight is 317 g/mol. The Balaban J connectivity index is 1.84. The Morgan fingerprint density at radius 3 is 2.87 bits per heavy atom. The molecular weight excluding hydrogens is 305 g/mol. The fourth-order valence-electron chi connectivity index (χ4n) is 1.36. The molecule has 0 atom stereocenters. The summed E-state index contributed by atoms with van der Waals surface area (Å²) >= 11 is 2.24. The first-order valence-corrected chi connectivity index (χ1v) is 6.00. The van der Waals surface area contributed by atoms with E-state index in [1.165, 1.54) is 0 Å². The summed E-state index contributed by atoms with van der Waals surface area (Å²) in [5.74, 6) is 0. The van der Waals surface area contributed by atoms with Crippen molar-refractivity contribution in [3.05, 3.63) is 33.4 Å². The maximum absolute atomic E-state index is 11.4. The average Bonchev–Trinajstić information content (AvgIpc) is 2.12. The molecule has 0 bridgehead atoms. The van der Waals surface area contributed by atoms with Crippen LogP contribution in [0.1, 0.15) is 12.0 Å². The predicted molar refractivity (Wildman–Crippen MR) is 65.5 cm³/mol. The fraction of sp³-hybridized carbons (Fsp3) is 0.364. The number of nitrogens with zero attached hydrogens (tertiary/aromatic N) is 1. The largest absolute Gasteiger partial charge is 0.445 e. The number of rotatable bonds is 2. The van der Waals surface area contributed by atoms with Crippen LogP contribution in [-0.2, 0) is 11.3 Å². The topological polar surface area (TPSA) is 29.5 Å². The molecule has 1 saturated heterocycles. The highest BCUT2D eigenvalue weighted by Gasteiger charge is 2.21. The number of halogens is 1. The lowest BCUT2D eigenvalue weighted by Crippen LogP contribution is -2.42. The third-order valence-corrected chi connectivity index (χ3v) is 3.04. The van der Waals surface area contributed by atoms with E-state index in [4.69, 9.17) is 4.74 Å². The van der Waals surface area contributed by atoms with E-state index in [0.717, 1.165) is 28.6 Å². The smallest absolute Gasteiger partial charge is 0.410 e. The molecule has 3 nitrogen and oxygen atoms in total. The lowest BCUT2D eigenvalue weighted by Gasteiger charge is -2.29. The summed E-state index contributed by atoms with van der Waals surface area (Å²) in [7, 11) is 0. The zero-order valence-electron chi connectivity index (χ0n) is 8.28. The second kappa shape index (κ2) is 4.83. The van der Waals surface area contributed by atoms with Crippen LogP contribution in [0.15, 0.2) is 24.3 Å². The number of hydrogen-bond acceptors (Lipinski definition) is 2. The van der Waals surface area contributed by atoms with E-state index in [2.05, 4.69) is 22.6 Å². The first-order valence-electron chi connectivity index (χ1n) is 4.92. The van der Waals surface area contributed by atoms with Crippen molar-refractivity contribution in [2.24, 2.45) is 0 Å². The van der Waals surface area contributed by atoms with Crippen LogP contribution in [0.3, 0.4) is 0 Å². The highest BCUT2D eigenvalue weighted by Crippen LogP contribution is 2.11. The molecule has 15 heavy (non-hydrogen) atoms. The Morgan fingerprint density at radius 2 is 2.27 bits per heavy atom. The van der Waals surface area contributed by atoms with E-state index in [1.54, 1.807) is 4.90 Å². The first-order chi connectivity index (χ1) is 7.25. The number of carbonyl (C=O) groups is 1. The van der Waals surface area contributed by atoms with Gasteiger partial charge in [-0.15, -0.1) is 0 Å². The molecular formula is C11H12INO2. The van der Waals surface area contributed by atoms with Gasteiger partial charge in [0.1, 0.15) is 6.61 Å². The Kier molecular flexibility index (Phi) is 3.45. The highest BCUT2D eigenvalue weighted by molar-refractivity contribution is 14.1. The number of hydrogen-bond donors (Lipinski definition) is 0. The summed E-state index contributed by atoms with van der Waals surface area (Å²) in [6, 6.07) is 7.96. The van der Waals surface area contributed by atoms with Crippen LogP contribution < -0.4 is 0 Å². The molecule has 2 rings (SSSR count). The molecule has 0 N–H and O–H groups in total. The van der Waals surface area contributed by atoms with Gasteiger partial charge in [0.15, 0.2) is 0 Å². The van der Waals surface area contributed by atoms with Crippen LogP contribution >= 0.6 is 22.6 Å². The van der Waals surface area contributed by atoms with Gasteiger partial charge in [0.25, 0.3) is 0 Å². The van der Waals surface area contributed by atoms with Crippen LogP contribution in [0.5, 0.6) is 0 Å². The van der Waals surface area contributed by atoms with Crippen LogP contribution in [0.4, 0.5) is 4.79 Å². The number of carbonyl (C=O) groups excluding carboxylic acids is 1. The minimum atomic E-state index is -0.194. The van der Waals surface area contributed by atoms with Gasteiger partial charge in [-0.05, 0) is 46.7 Å². The fourth-order valence-corrected chi connectivity index (χ4v) is 1.97. The molecule has 1 aliphatic heterocycles. The summed E-state index contributed by atoms with van der Waals surface area (Å²) < 4.78 is 6.33. The van der Waals surface area contributed by atoms with Crippen molar-refractivity contribution in [1.29, 1.82) is 0 Å². The van der Waals surface area contributed by atoms with E-state index in [-0.39, 0.29) is 6.09 Å². The van der Waals surface area contributed by atoms with Crippen LogP contribution in [-0.4, -0.2) is 24.1 Å². The minimum Gasteiger partial charge on any atom is -0.445 e.